The maximum Gasteiger partial charge on any atom is 0.246 e. The van der Waals surface area contributed by atoms with Gasteiger partial charge in [-0.05, 0) is 42.7 Å². The first-order valence-corrected chi connectivity index (χ1v) is 13.8. The Hall–Kier alpha value is -4.32. The Balaban J connectivity index is 2.06. The molecule has 2 unspecified atom stereocenters. The summed E-state index contributed by atoms with van der Waals surface area (Å²) in [5, 5.41) is 3.94. The van der Waals surface area contributed by atoms with Crippen LogP contribution in [-0.2, 0) is 27.2 Å². The van der Waals surface area contributed by atoms with E-state index in [1.807, 2.05) is 30.3 Å². The van der Waals surface area contributed by atoms with E-state index in [4.69, 9.17) is 5.73 Å². The third kappa shape index (κ3) is 7.60. The van der Waals surface area contributed by atoms with Gasteiger partial charge in [-0.15, -0.1) is 0 Å². The monoisotopic (exact) mass is 618 g/mol. The lowest BCUT2D eigenvalue weighted by Crippen LogP contribution is -2.55. The average Bonchev–Trinajstić information content (AvgIpc) is 2.99. The number of nitrogens with two attached hydrogens (primary N) is 1. The van der Waals surface area contributed by atoms with Gasteiger partial charge in [0.1, 0.15) is 12.1 Å². The van der Waals surface area contributed by atoms with Gasteiger partial charge in [-0.2, -0.15) is 0 Å². The largest absolute Gasteiger partial charge is 0.357 e. The molecule has 0 aliphatic heterocycles. The van der Waals surface area contributed by atoms with Gasteiger partial charge >= 0.3 is 0 Å². The molecule has 2 atom stereocenters. The molecule has 3 aromatic carbocycles. The number of nitrogens with zero attached hydrogens (tertiary/aromatic N) is 2. The summed E-state index contributed by atoms with van der Waals surface area (Å²) in [6.07, 6.45) is 2.14. The van der Waals surface area contributed by atoms with Crippen molar-refractivity contribution in [3.63, 3.8) is 0 Å². The second kappa shape index (κ2) is 14.0. The van der Waals surface area contributed by atoms with Crippen molar-refractivity contribution in [1.29, 1.82) is 0 Å². The van der Waals surface area contributed by atoms with Crippen molar-refractivity contribution >= 4 is 28.5 Å². The molecule has 0 aliphatic carbocycles. The van der Waals surface area contributed by atoms with Gasteiger partial charge in [0, 0.05) is 45.1 Å². The molecule has 0 spiro atoms. The van der Waals surface area contributed by atoms with Crippen LogP contribution in [0.4, 0.5) is 22.0 Å². The molecule has 236 valence electrons. The molecule has 3 rings (SSSR count). The smallest absolute Gasteiger partial charge is 0.246 e. The summed E-state index contributed by atoms with van der Waals surface area (Å²) in [7, 11) is 3.75. The Morgan fingerprint density at radius 2 is 1.41 bits per heavy atom. The zero-order valence-corrected chi connectivity index (χ0v) is 25.1. The van der Waals surface area contributed by atoms with Gasteiger partial charge in [0.05, 0.1) is 0 Å². The lowest BCUT2D eigenvalue weighted by atomic mass is 9.96. The number of fused-ring (bicyclic) bond motifs is 1. The highest BCUT2D eigenvalue weighted by Gasteiger charge is 2.37. The van der Waals surface area contributed by atoms with Gasteiger partial charge < -0.3 is 20.9 Å². The molecule has 12 heteroatoms. The standard InChI is InChI=1S/C32H35F5N4O3/c1-32(2,38)15-9-14-24(42)40(4)23(16-19-12-8-11-18-10-6-7-13-20(18)19)31(44)41(5)22(30(43)39-3)17-21-25(33)27(35)29(37)28(36)26(21)34/h6-14,22-23H,15-17,38H2,1-5H3,(H,39,43)/b14-9+. The molecule has 44 heavy (non-hydrogen) atoms. The number of carbonyl (C=O) groups excluding carboxylic acids is 3. The molecule has 0 bridgehead atoms. The molecule has 0 saturated heterocycles. The fraction of sp³-hybridized carbons (Fsp3) is 0.344. The van der Waals surface area contributed by atoms with Crippen molar-refractivity contribution in [2.75, 3.05) is 21.1 Å². The maximum atomic E-state index is 14.6. The summed E-state index contributed by atoms with van der Waals surface area (Å²) in [4.78, 5) is 42.2. The van der Waals surface area contributed by atoms with Crippen LogP contribution in [0, 0.1) is 29.1 Å². The fourth-order valence-electron chi connectivity index (χ4n) is 4.79. The molecular weight excluding hydrogens is 583 g/mol. The SMILES string of the molecule is CNC(=O)C(Cc1c(F)c(F)c(F)c(F)c1F)N(C)C(=O)C(Cc1cccc2ccccc12)N(C)C(=O)/C=C/CC(C)(C)N. The van der Waals surface area contributed by atoms with Gasteiger partial charge in [0.15, 0.2) is 23.3 Å². The Labute approximate surface area is 252 Å². The number of halogens is 5. The molecule has 0 radical (unpaired) electrons. The average molecular weight is 619 g/mol. The van der Waals surface area contributed by atoms with Crippen LogP contribution in [0.25, 0.3) is 10.8 Å². The van der Waals surface area contributed by atoms with E-state index >= 15 is 0 Å². The number of hydrogen-bond donors (Lipinski definition) is 2. The summed E-state index contributed by atoms with van der Waals surface area (Å²) >= 11 is 0. The molecule has 0 aliphatic rings. The van der Waals surface area contributed by atoms with E-state index in [1.54, 1.807) is 32.1 Å². The zero-order valence-electron chi connectivity index (χ0n) is 25.1. The third-order valence-electron chi connectivity index (χ3n) is 7.36. The lowest BCUT2D eigenvalue weighted by Gasteiger charge is -2.34. The molecule has 0 aromatic heterocycles. The predicted octanol–water partition coefficient (Wildman–Crippen LogP) is 4.40. The molecule has 3 N–H and O–H groups in total. The van der Waals surface area contributed by atoms with Gasteiger partial charge in [-0.25, -0.2) is 22.0 Å². The minimum atomic E-state index is -2.34. The first-order valence-electron chi connectivity index (χ1n) is 13.8. The molecule has 0 fully saturated rings. The second-order valence-electron chi connectivity index (χ2n) is 11.2. The summed E-state index contributed by atoms with van der Waals surface area (Å²) in [6, 6.07) is 9.87. The van der Waals surface area contributed by atoms with Gasteiger partial charge in [0.25, 0.3) is 0 Å². The van der Waals surface area contributed by atoms with E-state index in [2.05, 4.69) is 5.32 Å². The van der Waals surface area contributed by atoms with Crippen molar-refractivity contribution < 1.29 is 36.3 Å². The van der Waals surface area contributed by atoms with Crippen molar-refractivity contribution in [2.24, 2.45) is 5.73 Å². The number of amides is 3. The van der Waals surface area contributed by atoms with Crippen LogP contribution in [0.2, 0.25) is 0 Å². The number of rotatable bonds is 11. The first kappa shape index (κ1) is 34.2. The Kier molecular flexibility index (Phi) is 10.9. The third-order valence-corrected chi connectivity index (χ3v) is 7.36. The quantitative estimate of drug-likeness (QED) is 0.144. The van der Waals surface area contributed by atoms with Crippen LogP contribution in [-0.4, -0.2) is 66.3 Å². The molecule has 0 saturated carbocycles. The second-order valence-corrected chi connectivity index (χ2v) is 11.2. The first-order chi connectivity index (χ1) is 20.6. The number of hydrogen-bond acceptors (Lipinski definition) is 4. The Morgan fingerprint density at radius 3 is 2.00 bits per heavy atom. The van der Waals surface area contributed by atoms with E-state index < -0.39 is 76.4 Å². The summed E-state index contributed by atoms with van der Waals surface area (Å²) in [5.74, 6) is -13.2. The predicted molar refractivity (Wildman–Crippen MR) is 157 cm³/mol. The fourth-order valence-corrected chi connectivity index (χ4v) is 4.79. The van der Waals surface area contributed by atoms with E-state index in [-0.39, 0.29) is 6.42 Å². The van der Waals surface area contributed by atoms with Crippen LogP contribution in [0.15, 0.2) is 54.6 Å². The van der Waals surface area contributed by atoms with E-state index in [1.165, 1.54) is 25.1 Å². The van der Waals surface area contributed by atoms with E-state index in [0.29, 0.717) is 12.0 Å². The summed E-state index contributed by atoms with van der Waals surface area (Å²) in [5.41, 5.74) is 4.83. The highest BCUT2D eigenvalue weighted by atomic mass is 19.2. The van der Waals surface area contributed by atoms with Crippen molar-refractivity contribution in [1.82, 2.24) is 15.1 Å². The van der Waals surface area contributed by atoms with Crippen LogP contribution < -0.4 is 11.1 Å². The van der Waals surface area contributed by atoms with Gasteiger partial charge in [0.2, 0.25) is 23.5 Å². The highest BCUT2D eigenvalue weighted by molar-refractivity contribution is 5.95. The number of nitrogens with one attached hydrogen (secondary N) is 1. The summed E-state index contributed by atoms with van der Waals surface area (Å²) in [6.45, 7) is 3.55. The highest BCUT2D eigenvalue weighted by Crippen LogP contribution is 2.26. The van der Waals surface area contributed by atoms with Crippen LogP contribution >= 0.6 is 0 Å². The van der Waals surface area contributed by atoms with Crippen molar-refractivity contribution in [2.45, 2.75) is 50.7 Å². The van der Waals surface area contributed by atoms with Crippen LogP contribution in [0.1, 0.15) is 31.4 Å². The molecule has 0 heterocycles. The number of carbonyl (C=O) groups is 3. The van der Waals surface area contributed by atoms with Gasteiger partial charge in [-0.1, -0.05) is 48.5 Å². The van der Waals surface area contributed by atoms with Crippen LogP contribution in [0.5, 0.6) is 0 Å². The van der Waals surface area contributed by atoms with Crippen molar-refractivity contribution in [3.8, 4) is 0 Å². The normalized spacial score (nSPS) is 13.2. The number of benzene rings is 3. The molecular formula is C32H35F5N4O3. The Bertz CT molecular complexity index is 1550. The minimum Gasteiger partial charge on any atom is -0.357 e. The minimum absolute atomic E-state index is 0.0218. The van der Waals surface area contributed by atoms with Crippen molar-refractivity contribution in [3.05, 3.63) is 94.8 Å². The number of likely N-dealkylation sites (N-methyl/N-ethyl adjacent to an activating group) is 3. The topological polar surface area (TPSA) is 95.7 Å². The lowest BCUT2D eigenvalue weighted by molar-refractivity contribution is -0.146. The Morgan fingerprint density at radius 1 is 0.841 bits per heavy atom. The van der Waals surface area contributed by atoms with E-state index in [9.17, 15) is 36.3 Å². The maximum absolute atomic E-state index is 14.6. The van der Waals surface area contributed by atoms with Gasteiger partial charge in [-0.3, -0.25) is 14.4 Å². The molecule has 7 nitrogen and oxygen atoms in total. The zero-order chi connectivity index (χ0) is 32.9. The molecule has 3 amide bonds. The summed E-state index contributed by atoms with van der Waals surface area (Å²) < 4.78 is 70.8. The van der Waals surface area contributed by atoms with E-state index in [0.717, 1.165) is 22.7 Å². The molecule has 3 aromatic rings. The van der Waals surface area contributed by atoms with Crippen LogP contribution in [0.3, 0.4) is 0 Å².